The highest BCUT2D eigenvalue weighted by Crippen LogP contribution is 2.07. The molecule has 148 valence electrons. The molecule has 6 heteroatoms. The Labute approximate surface area is 166 Å². The number of benzene rings is 2. The van der Waals surface area contributed by atoms with Gasteiger partial charge in [0.2, 0.25) is 11.8 Å². The fourth-order valence-corrected chi connectivity index (χ4v) is 3.23. The van der Waals surface area contributed by atoms with Crippen LogP contribution in [0.15, 0.2) is 60.7 Å². The van der Waals surface area contributed by atoms with Gasteiger partial charge in [-0.25, -0.2) is 0 Å². The van der Waals surface area contributed by atoms with Gasteiger partial charge in [0.05, 0.1) is 6.54 Å². The predicted molar refractivity (Wildman–Crippen MR) is 111 cm³/mol. The first-order valence-corrected chi connectivity index (χ1v) is 9.79. The van der Waals surface area contributed by atoms with Crippen LogP contribution in [-0.4, -0.2) is 60.9 Å². The average Bonchev–Trinajstić information content (AvgIpc) is 2.73. The van der Waals surface area contributed by atoms with E-state index in [1.165, 1.54) is 0 Å². The first-order valence-electron chi connectivity index (χ1n) is 9.79. The van der Waals surface area contributed by atoms with E-state index in [4.69, 9.17) is 0 Å². The van der Waals surface area contributed by atoms with Gasteiger partial charge in [0.1, 0.15) is 0 Å². The number of carbonyl (C=O) groups excluding carboxylic acids is 2. The number of amides is 2. The lowest BCUT2D eigenvalue weighted by Crippen LogP contribution is -2.49. The number of rotatable bonds is 8. The zero-order chi connectivity index (χ0) is 19.6. The summed E-state index contributed by atoms with van der Waals surface area (Å²) in [5.41, 5.74) is 1.94. The van der Waals surface area contributed by atoms with Crippen molar-refractivity contribution in [2.24, 2.45) is 0 Å². The molecular weight excluding hydrogens is 352 g/mol. The van der Waals surface area contributed by atoms with Gasteiger partial charge in [0, 0.05) is 51.4 Å². The van der Waals surface area contributed by atoms with Gasteiger partial charge in [-0.2, -0.15) is 0 Å². The smallest absolute Gasteiger partial charge is 0.234 e. The van der Waals surface area contributed by atoms with Crippen molar-refractivity contribution in [3.8, 4) is 0 Å². The Hall–Kier alpha value is -2.70. The molecule has 1 aliphatic heterocycles. The number of nitrogens with zero attached hydrogens (tertiary/aromatic N) is 2. The maximum atomic E-state index is 12.1. The molecule has 2 N–H and O–H groups in total. The number of hydrogen-bond donors (Lipinski definition) is 2. The largest absolute Gasteiger partial charge is 0.351 e. The number of carbonyl (C=O) groups is 2. The van der Waals surface area contributed by atoms with Crippen molar-refractivity contribution in [1.29, 1.82) is 0 Å². The highest BCUT2D eigenvalue weighted by atomic mass is 16.2. The minimum absolute atomic E-state index is 0.0360. The van der Waals surface area contributed by atoms with E-state index in [1.807, 2.05) is 60.7 Å². The number of para-hydroxylation sites is 1. The minimum Gasteiger partial charge on any atom is -0.351 e. The van der Waals surface area contributed by atoms with Gasteiger partial charge < -0.3 is 15.5 Å². The van der Waals surface area contributed by atoms with Crippen molar-refractivity contribution < 1.29 is 9.59 Å². The molecule has 28 heavy (non-hydrogen) atoms. The summed E-state index contributed by atoms with van der Waals surface area (Å²) < 4.78 is 0. The molecule has 0 aliphatic carbocycles. The zero-order valence-electron chi connectivity index (χ0n) is 16.1. The maximum absolute atomic E-state index is 12.1. The number of anilines is 1. The summed E-state index contributed by atoms with van der Waals surface area (Å²) in [6.45, 7) is 5.19. The van der Waals surface area contributed by atoms with E-state index in [0.717, 1.165) is 44.0 Å². The summed E-state index contributed by atoms with van der Waals surface area (Å²) in [4.78, 5) is 28.6. The first kappa shape index (κ1) is 20.0. The quantitative estimate of drug-likeness (QED) is 0.735. The number of piperazine rings is 1. The molecule has 0 aromatic heterocycles. The Kier molecular flexibility index (Phi) is 7.58. The third-order valence-corrected chi connectivity index (χ3v) is 4.88. The molecule has 0 spiro atoms. The fraction of sp³-hybridized carbons (Fsp3) is 0.364. The molecular formula is C22H28N4O2. The van der Waals surface area contributed by atoms with Gasteiger partial charge in [-0.1, -0.05) is 48.5 Å². The summed E-state index contributed by atoms with van der Waals surface area (Å²) in [6, 6.07) is 19.4. The van der Waals surface area contributed by atoms with Crippen LogP contribution in [0.4, 0.5) is 5.69 Å². The zero-order valence-corrected chi connectivity index (χ0v) is 16.1. The van der Waals surface area contributed by atoms with Gasteiger partial charge in [-0.3, -0.25) is 14.5 Å². The standard InChI is InChI=1S/C22H28N4O2/c27-21(24-20-9-5-2-6-10-20)11-12-25-13-15-26(16-14-25)18-22(28)23-17-19-7-3-1-4-8-19/h1-10H,11-18H2,(H,23,28)(H,24,27). The van der Waals surface area contributed by atoms with Crippen molar-refractivity contribution in [1.82, 2.24) is 15.1 Å². The van der Waals surface area contributed by atoms with Crippen LogP contribution >= 0.6 is 0 Å². The monoisotopic (exact) mass is 380 g/mol. The van der Waals surface area contributed by atoms with Crippen LogP contribution in [0, 0.1) is 0 Å². The first-order chi connectivity index (χ1) is 13.7. The SMILES string of the molecule is O=C(CN1CCN(CCC(=O)Nc2ccccc2)CC1)NCc1ccccc1. The molecule has 6 nitrogen and oxygen atoms in total. The second-order valence-electron chi connectivity index (χ2n) is 7.04. The van der Waals surface area contributed by atoms with Crippen LogP contribution in [0.25, 0.3) is 0 Å². The van der Waals surface area contributed by atoms with Crippen LogP contribution in [0.1, 0.15) is 12.0 Å². The van der Waals surface area contributed by atoms with E-state index in [1.54, 1.807) is 0 Å². The lowest BCUT2D eigenvalue weighted by atomic mass is 10.2. The number of nitrogens with one attached hydrogen (secondary N) is 2. The van der Waals surface area contributed by atoms with E-state index < -0.39 is 0 Å². The second kappa shape index (κ2) is 10.6. The van der Waals surface area contributed by atoms with E-state index in [0.29, 0.717) is 19.5 Å². The third-order valence-electron chi connectivity index (χ3n) is 4.88. The normalized spacial score (nSPS) is 15.1. The van der Waals surface area contributed by atoms with Crippen molar-refractivity contribution in [2.75, 3.05) is 44.6 Å². The molecule has 1 saturated heterocycles. The molecule has 2 amide bonds. The summed E-state index contributed by atoms with van der Waals surface area (Å²) in [7, 11) is 0. The minimum atomic E-state index is 0.0360. The Balaban J connectivity index is 1.30. The van der Waals surface area contributed by atoms with E-state index >= 15 is 0 Å². The van der Waals surface area contributed by atoms with E-state index in [-0.39, 0.29) is 11.8 Å². The molecule has 3 rings (SSSR count). The molecule has 0 unspecified atom stereocenters. The van der Waals surface area contributed by atoms with Gasteiger partial charge in [0.15, 0.2) is 0 Å². The van der Waals surface area contributed by atoms with Gasteiger partial charge >= 0.3 is 0 Å². The molecule has 0 atom stereocenters. The fourth-order valence-electron chi connectivity index (χ4n) is 3.23. The highest BCUT2D eigenvalue weighted by molar-refractivity contribution is 5.90. The van der Waals surface area contributed by atoms with E-state index in [9.17, 15) is 9.59 Å². The summed E-state index contributed by atoms with van der Waals surface area (Å²) in [6.07, 6.45) is 0.479. The molecule has 0 saturated carbocycles. The molecule has 1 heterocycles. The number of hydrogen-bond acceptors (Lipinski definition) is 4. The topological polar surface area (TPSA) is 64.7 Å². The predicted octanol–water partition coefficient (Wildman–Crippen LogP) is 1.95. The summed E-state index contributed by atoms with van der Waals surface area (Å²) >= 11 is 0. The van der Waals surface area contributed by atoms with Crippen molar-refractivity contribution in [2.45, 2.75) is 13.0 Å². The molecule has 0 bridgehead atoms. The maximum Gasteiger partial charge on any atom is 0.234 e. The van der Waals surface area contributed by atoms with E-state index in [2.05, 4.69) is 20.4 Å². The Morgan fingerprint density at radius 1 is 0.786 bits per heavy atom. The average molecular weight is 380 g/mol. The van der Waals surface area contributed by atoms with Crippen LogP contribution in [0.3, 0.4) is 0 Å². The molecule has 1 aliphatic rings. The third kappa shape index (κ3) is 6.79. The second-order valence-corrected chi connectivity index (χ2v) is 7.04. The van der Waals surface area contributed by atoms with Crippen LogP contribution in [0.2, 0.25) is 0 Å². The molecule has 2 aromatic rings. The Morgan fingerprint density at radius 2 is 1.39 bits per heavy atom. The molecule has 0 radical (unpaired) electrons. The summed E-state index contributed by atoms with van der Waals surface area (Å²) in [5, 5.41) is 5.89. The summed E-state index contributed by atoms with van der Waals surface area (Å²) in [5.74, 6) is 0.0912. The van der Waals surface area contributed by atoms with Gasteiger partial charge in [-0.15, -0.1) is 0 Å². The molecule has 1 fully saturated rings. The van der Waals surface area contributed by atoms with Crippen LogP contribution < -0.4 is 10.6 Å². The van der Waals surface area contributed by atoms with Gasteiger partial charge in [-0.05, 0) is 17.7 Å². The Bertz CT molecular complexity index is 744. The Morgan fingerprint density at radius 3 is 2.07 bits per heavy atom. The highest BCUT2D eigenvalue weighted by Gasteiger charge is 2.19. The van der Waals surface area contributed by atoms with Crippen molar-refractivity contribution >= 4 is 17.5 Å². The lowest BCUT2D eigenvalue weighted by molar-refractivity contribution is -0.122. The van der Waals surface area contributed by atoms with Crippen molar-refractivity contribution in [3.63, 3.8) is 0 Å². The van der Waals surface area contributed by atoms with Crippen LogP contribution in [-0.2, 0) is 16.1 Å². The van der Waals surface area contributed by atoms with Crippen molar-refractivity contribution in [3.05, 3.63) is 66.2 Å². The lowest BCUT2D eigenvalue weighted by Gasteiger charge is -2.34. The molecule has 2 aromatic carbocycles. The van der Waals surface area contributed by atoms with Crippen LogP contribution in [0.5, 0.6) is 0 Å². The van der Waals surface area contributed by atoms with Gasteiger partial charge in [0.25, 0.3) is 0 Å².